The molecule has 0 spiro atoms. The largest absolute Gasteiger partial charge is 0.383 e. The topological polar surface area (TPSA) is 12.0 Å². The third-order valence-corrected chi connectivity index (χ3v) is 2.75. The minimum absolute atomic E-state index is 0.225. The molecule has 0 amide bonds. The Morgan fingerprint density at radius 3 is 2.44 bits per heavy atom. The van der Waals surface area contributed by atoms with E-state index >= 15 is 0 Å². The summed E-state index contributed by atoms with van der Waals surface area (Å²) in [6.45, 7) is 0.620. The molecule has 0 aromatic heterocycles. The smallest absolute Gasteiger partial charge is 0.181 e. The summed E-state index contributed by atoms with van der Waals surface area (Å²) >= 11 is 0. The molecule has 0 aliphatic heterocycles. The fraction of sp³-hybridized carbons (Fsp3) is 0.200. The number of benzene rings is 2. The lowest BCUT2D eigenvalue weighted by molar-refractivity contribution is 0.511. The van der Waals surface area contributed by atoms with Gasteiger partial charge in [0.05, 0.1) is 5.69 Å². The van der Waals surface area contributed by atoms with Crippen LogP contribution in [0.4, 0.5) is 14.5 Å². The van der Waals surface area contributed by atoms with E-state index in [0.29, 0.717) is 6.54 Å². The first kappa shape index (κ1) is 12.6. The predicted molar refractivity (Wildman–Crippen MR) is 69.6 cm³/mol. The van der Waals surface area contributed by atoms with Gasteiger partial charge in [-0.25, -0.2) is 8.78 Å². The maximum absolute atomic E-state index is 13.3. The van der Waals surface area contributed by atoms with Crippen molar-refractivity contribution < 1.29 is 8.78 Å². The molecule has 0 saturated heterocycles. The van der Waals surface area contributed by atoms with Crippen molar-refractivity contribution in [1.29, 1.82) is 0 Å². The second-order valence-electron chi connectivity index (χ2n) is 4.12. The van der Waals surface area contributed by atoms with Crippen LogP contribution in [-0.4, -0.2) is 6.54 Å². The average molecular weight is 247 g/mol. The SMILES string of the molecule is Fc1cccc(NCCCc2ccccc2)c1F. The van der Waals surface area contributed by atoms with Gasteiger partial charge in [-0.1, -0.05) is 36.4 Å². The minimum atomic E-state index is -0.817. The Morgan fingerprint density at radius 1 is 0.889 bits per heavy atom. The van der Waals surface area contributed by atoms with Gasteiger partial charge in [0.1, 0.15) is 0 Å². The van der Waals surface area contributed by atoms with Crippen molar-refractivity contribution in [2.24, 2.45) is 0 Å². The number of hydrogen-bond acceptors (Lipinski definition) is 1. The van der Waals surface area contributed by atoms with Crippen molar-refractivity contribution in [3.63, 3.8) is 0 Å². The number of anilines is 1. The van der Waals surface area contributed by atoms with E-state index in [9.17, 15) is 8.78 Å². The maximum Gasteiger partial charge on any atom is 0.181 e. The molecular weight excluding hydrogens is 232 g/mol. The molecule has 0 bridgehead atoms. The van der Waals surface area contributed by atoms with Crippen LogP contribution in [0.2, 0.25) is 0 Å². The van der Waals surface area contributed by atoms with Crippen LogP contribution in [0.1, 0.15) is 12.0 Å². The number of halogens is 2. The Morgan fingerprint density at radius 2 is 1.67 bits per heavy atom. The van der Waals surface area contributed by atoms with Crippen LogP contribution in [0.5, 0.6) is 0 Å². The lowest BCUT2D eigenvalue weighted by Crippen LogP contribution is -2.05. The van der Waals surface area contributed by atoms with E-state index in [1.54, 1.807) is 6.07 Å². The molecule has 2 aromatic carbocycles. The Balaban J connectivity index is 1.81. The van der Waals surface area contributed by atoms with Gasteiger partial charge in [0.25, 0.3) is 0 Å². The van der Waals surface area contributed by atoms with Gasteiger partial charge in [-0.05, 0) is 30.5 Å². The summed E-state index contributed by atoms with van der Waals surface area (Å²) in [5.74, 6) is -1.62. The Hall–Kier alpha value is -1.90. The summed E-state index contributed by atoms with van der Waals surface area (Å²) in [4.78, 5) is 0. The maximum atomic E-state index is 13.3. The van der Waals surface area contributed by atoms with Gasteiger partial charge in [0.15, 0.2) is 11.6 Å². The molecule has 2 rings (SSSR count). The van der Waals surface area contributed by atoms with Gasteiger partial charge >= 0.3 is 0 Å². The number of hydrogen-bond donors (Lipinski definition) is 1. The second-order valence-corrected chi connectivity index (χ2v) is 4.12. The van der Waals surface area contributed by atoms with Crippen LogP contribution in [0, 0.1) is 11.6 Å². The normalized spacial score (nSPS) is 10.3. The van der Waals surface area contributed by atoms with Gasteiger partial charge in [-0.15, -0.1) is 0 Å². The fourth-order valence-electron chi connectivity index (χ4n) is 1.80. The fourth-order valence-corrected chi connectivity index (χ4v) is 1.80. The van der Waals surface area contributed by atoms with Crippen LogP contribution in [0.25, 0.3) is 0 Å². The van der Waals surface area contributed by atoms with Crippen LogP contribution < -0.4 is 5.32 Å². The van der Waals surface area contributed by atoms with Crippen molar-refractivity contribution in [3.05, 3.63) is 65.7 Å². The summed E-state index contributed by atoms with van der Waals surface area (Å²) in [5.41, 5.74) is 1.47. The highest BCUT2D eigenvalue weighted by Crippen LogP contribution is 2.16. The van der Waals surface area contributed by atoms with Crippen LogP contribution in [0.15, 0.2) is 48.5 Å². The molecule has 0 heterocycles. The highest BCUT2D eigenvalue weighted by atomic mass is 19.2. The molecule has 18 heavy (non-hydrogen) atoms. The van der Waals surface area contributed by atoms with Crippen molar-refractivity contribution in [1.82, 2.24) is 0 Å². The summed E-state index contributed by atoms with van der Waals surface area (Å²) in [5, 5.41) is 2.91. The van der Waals surface area contributed by atoms with Crippen molar-refractivity contribution in [3.8, 4) is 0 Å². The lowest BCUT2D eigenvalue weighted by Gasteiger charge is -2.07. The average Bonchev–Trinajstić information content (AvgIpc) is 2.40. The summed E-state index contributed by atoms with van der Waals surface area (Å²) in [6.07, 6.45) is 1.80. The van der Waals surface area contributed by atoms with E-state index in [4.69, 9.17) is 0 Å². The molecule has 0 atom stereocenters. The Kier molecular flexibility index (Phi) is 4.29. The molecule has 94 valence electrons. The molecular formula is C15H15F2N. The van der Waals surface area contributed by atoms with E-state index in [1.807, 2.05) is 18.2 Å². The van der Waals surface area contributed by atoms with Crippen molar-refractivity contribution in [2.75, 3.05) is 11.9 Å². The molecule has 1 N–H and O–H groups in total. The zero-order valence-corrected chi connectivity index (χ0v) is 10.00. The highest BCUT2D eigenvalue weighted by Gasteiger charge is 2.06. The molecule has 1 nitrogen and oxygen atoms in total. The molecule has 2 aromatic rings. The predicted octanol–water partition coefficient (Wildman–Crippen LogP) is 4.01. The van der Waals surface area contributed by atoms with E-state index in [-0.39, 0.29) is 5.69 Å². The lowest BCUT2D eigenvalue weighted by atomic mass is 10.1. The highest BCUT2D eigenvalue weighted by molar-refractivity contribution is 5.44. The molecule has 3 heteroatoms. The summed E-state index contributed by atoms with van der Waals surface area (Å²) in [6, 6.07) is 14.2. The number of rotatable bonds is 5. The van der Waals surface area contributed by atoms with E-state index < -0.39 is 11.6 Å². The molecule has 0 unspecified atom stereocenters. The molecule has 0 aliphatic carbocycles. The summed E-state index contributed by atoms with van der Waals surface area (Å²) < 4.78 is 26.3. The van der Waals surface area contributed by atoms with Gasteiger partial charge in [-0.2, -0.15) is 0 Å². The van der Waals surface area contributed by atoms with Crippen molar-refractivity contribution in [2.45, 2.75) is 12.8 Å². The third kappa shape index (κ3) is 3.29. The Bertz CT molecular complexity index is 497. The van der Waals surface area contributed by atoms with Gasteiger partial charge in [0, 0.05) is 6.54 Å². The van der Waals surface area contributed by atoms with Crippen molar-refractivity contribution >= 4 is 5.69 Å². The quantitative estimate of drug-likeness (QED) is 0.787. The first-order chi connectivity index (χ1) is 8.77. The molecule has 0 saturated carbocycles. The first-order valence-corrected chi connectivity index (χ1v) is 5.99. The van der Waals surface area contributed by atoms with Crippen LogP contribution in [0.3, 0.4) is 0 Å². The van der Waals surface area contributed by atoms with Gasteiger partial charge < -0.3 is 5.32 Å². The minimum Gasteiger partial charge on any atom is -0.383 e. The van der Waals surface area contributed by atoms with Crippen LogP contribution >= 0.6 is 0 Å². The first-order valence-electron chi connectivity index (χ1n) is 5.99. The van der Waals surface area contributed by atoms with Gasteiger partial charge in [0.2, 0.25) is 0 Å². The third-order valence-electron chi connectivity index (χ3n) is 2.75. The Labute approximate surface area is 105 Å². The molecule has 0 aliphatic rings. The molecule has 0 radical (unpaired) electrons. The van der Waals surface area contributed by atoms with E-state index in [1.165, 1.54) is 11.6 Å². The van der Waals surface area contributed by atoms with E-state index in [2.05, 4.69) is 17.4 Å². The monoisotopic (exact) mass is 247 g/mol. The van der Waals surface area contributed by atoms with Crippen LogP contribution in [-0.2, 0) is 6.42 Å². The summed E-state index contributed by atoms with van der Waals surface area (Å²) in [7, 11) is 0. The van der Waals surface area contributed by atoms with E-state index in [0.717, 1.165) is 18.9 Å². The number of nitrogens with one attached hydrogen (secondary N) is 1. The zero-order valence-electron chi connectivity index (χ0n) is 10.00. The standard InChI is InChI=1S/C15H15F2N/c16-13-9-4-10-14(15(13)17)18-11-5-8-12-6-2-1-3-7-12/h1-4,6-7,9-10,18H,5,8,11H2. The zero-order chi connectivity index (χ0) is 12.8. The second kappa shape index (κ2) is 6.15. The number of aryl methyl sites for hydroxylation is 1. The molecule has 0 fully saturated rings. The van der Waals surface area contributed by atoms with Gasteiger partial charge in [-0.3, -0.25) is 0 Å².